The van der Waals surface area contributed by atoms with Crippen LogP contribution in [-0.4, -0.2) is 17.6 Å². The number of carbonyl (C=O) groups excluding carboxylic acids is 1. The van der Waals surface area contributed by atoms with Crippen LogP contribution >= 0.6 is 0 Å². The highest BCUT2D eigenvalue weighted by molar-refractivity contribution is 5.90. The zero-order chi connectivity index (χ0) is 12.7. The fourth-order valence-electron chi connectivity index (χ4n) is 1.15. The molecule has 0 radical (unpaired) electrons. The minimum Gasteiger partial charge on any atom is -0.395 e. The highest BCUT2D eigenvalue weighted by Gasteiger charge is 2.05. The minimum absolute atomic E-state index is 0.0138. The summed E-state index contributed by atoms with van der Waals surface area (Å²) >= 11 is 0. The lowest BCUT2D eigenvalue weighted by atomic mass is 10.2. The summed E-state index contributed by atoms with van der Waals surface area (Å²) < 4.78 is 13.5. The van der Waals surface area contributed by atoms with Crippen molar-refractivity contribution in [2.75, 3.05) is 11.9 Å². The fraction of sp³-hybridized carbons (Fsp3) is 0.308. The van der Waals surface area contributed by atoms with E-state index in [9.17, 15) is 9.18 Å². The molecule has 0 fully saturated rings. The molecule has 0 bridgehead atoms. The number of amides is 1. The lowest BCUT2D eigenvalue weighted by molar-refractivity contribution is -0.115. The average Bonchev–Trinajstić information content (AvgIpc) is 2.32. The van der Waals surface area contributed by atoms with Crippen molar-refractivity contribution >= 4 is 11.6 Å². The summed E-state index contributed by atoms with van der Waals surface area (Å²) in [5.74, 6) is 4.67. The number of carbonyl (C=O) groups is 1. The molecule has 0 unspecified atom stereocenters. The average molecular weight is 235 g/mol. The van der Waals surface area contributed by atoms with Gasteiger partial charge in [0.05, 0.1) is 12.3 Å². The third-order valence-corrected chi connectivity index (χ3v) is 2.03. The largest absolute Gasteiger partial charge is 0.395 e. The Bertz CT molecular complexity index is 460. The minimum atomic E-state index is -0.511. The van der Waals surface area contributed by atoms with Gasteiger partial charge in [-0.1, -0.05) is 18.8 Å². The lowest BCUT2D eigenvalue weighted by Gasteiger charge is -2.04. The van der Waals surface area contributed by atoms with E-state index in [1.165, 1.54) is 12.1 Å². The maximum atomic E-state index is 13.5. The van der Waals surface area contributed by atoms with Gasteiger partial charge in [0.25, 0.3) is 0 Å². The van der Waals surface area contributed by atoms with Crippen molar-refractivity contribution in [3.05, 3.63) is 29.6 Å². The number of rotatable bonds is 3. The Morgan fingerprint density at radius 3 is 2.88 bits per heavy atom. The molecule has 90 valence electrons. The summed E-state index contributed by atoms with van der Waals surface area (Å²) in [4.78, 5) is 11.1. The molecule has 0 heterocycles. The van der Waals surface area contributed by atoms with Crippen LogP contribution in [0.25, 0.3) is 0 Å². The number of nitrogens with one attached hydrogen (secondary N) is 1. The standard InChI is InChI=1S/C13H14FNO2/c1-2-13(17)15-12-7-6-10(9-11(12)14)5-3-4-8-16/h6-7,9,16H,2,4,8H2,1H3,(H,15,17). The van der Waals surface area contributed by atoms with Crippen LogP contribution in [-0.2, 0) is 4.79 Å². The van der Waals surface area contributed by atoms with Crippen LogP contribution in [0.3, 0.4) is 0 Å². The summed E-state index contributed by atoms with van der Waals surface area (Å²) in [6.45, 7) is 1.68. The smallest absolute Gasteiger partial charge is 0.224 e. The molecule has 4 heteroatoms. The van der Waals surface area contributed by atoms with Gasteiger partial charge in [-0.3, -0.25) is 4.79 Å². The van der Waals surface area contributed by atoms with E-state index in [4.69, 9.17) is 5.11 Å². The first-order chi connectivity index (χ1) is 8.17. The Hall–Kier alpha value is -1.86. The fourth-order valence-corrected chi connectivity index (χ4v) is 1.15. The predicted octanol–water partition coefficient (Wildman–Crippen LogP) is 1.91. The Balaban J connectivity index is 2.80. The Kier molecular flexibility index (Phi) is 5.18. The summed E-state index contributed by atoms with van der Waals surface area (Å²) in [5.41, 5.74) is 0.676. The van der Waals surface area contributed by atoms with E-state index in [-0.39, 0.29) is 18.2 Å². The zero-order valence-electron chi connectivity index (χ0n) is 9.59. The van der Waals surface area contributed by atoms with Gasteiger partial charge in [0.15, 0.2) is 0 Å². The van der Waals surface area contributed by atoms with Crippen LogP contribution < -0.4 is 5.32 Å². The molecule has 0 aromatic heterocycles. The summed E-state index contributed by atoms with van der Waals surface area (Å²) in [7, 11) is 0. The number of aliphatic hydroxyl groups excluding tert-OH is 1. The molecule has 17 heavy (non-hydrogen) atoms. The molecular formula is C13H14FNO2. The first-order valence-corrected chi connectivity index (χ1v) is 5.36. The van der Waals surface area contributed by atoms with Crippen LogP contribution in [0.2, 0.25) is 0 Å². The second-order valence-electron chi connectivity index (χ2n) is 3.37. The third-order valence-electron chi connectivity index (χ3n) is 2.03. The number of anilines is 1. The SMILES string of the molecule is CCC(=O)Nc1ccc(C#CCCO)cc1F. The van der Waals surface area contributed by atoms with E-state index < -0.39 is 5.82 Å². The van der Waals surface area contributed by atoms with Gasteiger partial charge in [-0.25, -0.2) is 4.39 Å². The van der Waals surface area contributed by atoms with Crippen LogP contribution in [0.5, 0.6) is 0 Å². The number of hydrogen-bond donors (Lipinski definition) is 2. The van der Waals surface area contributed by atoms with E-state index in [0.717, 1.165) is 0 Å². The molecule has 0 aliphatic carbocycles. The van der Waals surface area contributed by atoms with Crippen molar-refractivity contribution in [1.29, 1.82) is 0 Å². The molecule has 0 saturated carbocycles. The summed E-state index contributed by atoms with van der Waals surface area (Å²) in [6.07, 6.45) is 0.660. The van der Waals surface area contributed by atoms with E-state index in [0.29, 0.717) is 18.4 Å². The Morgan fingerprint density at radius 1 is 1.53 bits per heavy atom. The topological polar surface area (TPSA) is 49.3 Å². The molecule has 0 spiro atoms. The molecule has 3 nitrogen and oxygen atoms in total. The number of halogens is 1. The first-order valence-electron chi connectivity index (χ1n) is 5.36. The van der Waals surface area contributed by atoms with Crippen molar-refractivity contribution in [3.63, 3.8) is 0 Å². The van der Waals surface area contributed by atoms with Gasteiger partial charge >= 0.3 is 0 Å². The van der Waals surface area contributed by atoms with Gasteiger partial charge in [-0.05, 0) is 18.2 Å². The maximum Gasteiger partial charge on any atom is 0.224 e. The van der Waals surface area contributed by atoms with Crippen LogP contribution in [0.15, 0.2) is 18.2 Å². The summed E-state index contributed by atoms with van der Waals surface area (Å²) in [5, 5.41) is 11.0. The van der Waals surface area contributed by atoms with Crippen LogP contribution in [0.4, 0.5) is 10.1 Å². The first kappa shape index (κ1) is 13.2. The molecule has 0 aliphatic heterocycles. The normalized spacial score (nSPS) is 9.35. The van der Waals surface area contributed by atoms with Gasteiger partial charge in [0.1, 0.15) is 5.82 Å². The molecule has 0 saturated heterocycles. The van der Waals surface area contributed by atoms with Crippen LogP contribution in [0.1, 0.15) is 25.3 Å². The van der Waals surface area contributed by atoms with Gasteiger partial charge in [0, 0.05) is 18.4 Å². The Morgan fingerprint density at radius 2 is 2.29 bits per heavy atom. The maximum absolute atomic E-state index is 13.5. The van der Waals surface area contributed by atoms with Gasteiger partial charge < -0.3 is 10.4 Å². The van der Waals surface area contributed by atoms with Crippen molar-refractivity contribution in [1.82, 2.24) is 0 Å². The second kappa shape index (κ2) is 6.66. The van der Waals surface area contributed by atoms with Crippen molar-refractivity contribution in [2.24, 2.45) is 0 Å². The van der Waals surface area contributed by atoms with E-state index >= 15 is 0 Å². The molecule has 1 rings (SSSR count). The third kappa shape index (κ3) is 4.25. The number of benzene rings is 1. The molecule has 1 aromatic carbocycles. The zero-order valence-corrected chi connectivity index (χ0v) is 9.59. The van der Waals surface area contributed by atoms with Gasteiger partial charge in [0.2, 0.25) is 5.91 Å². The predicted molar refractivity (Wildman–Crippen MR) is 63.9 cm³/mol. The number of aliphatic hydroxyl groups is 1. The molecule has 1 aromatic rings. The van der Waals surface area contributed by atoms with E-state index in [2.05, 4.69) is 17.2 Å². The van der Waals surface area contributed by atoms with Crippen LogP contribution in [0, 0.1) is 17.7 Å². The number of hydrogen-bond acceptors (Lipinski definition) is 2. The molecule has 1 amide bonds. The van der Waals surface area contributed by atoms with Crippen molar-refractivity contribution < 1.29 is 14.3 Å². The molecule has 0 aliphatic rings. The second-order valence-corrected chi connectivity index (χ2v) is 3.37. The highest BCUT2D eigenvalue weighted by atomic mass is 19.1. The van der Waals surface area contributed by atoms with E-state index in [1.54, 1.807) is 13.0 Å². The Labute approximate surface area is 99.7 Å². The van der Waals surface area contributed by atoms with Crippen molar-refractivity contribution in [2.45, 2.75) is 19.8 Å². The molecular weight excluding hydrogens is 221 g/mol. The quantitative estimate of drug-likeness (QED) is 0.786. The molecule has 0 atom stereocenters. The van der Waals surface area contributed by atoms with E-state index in [1.807, 2.05) is 0 Å². The van der Waals surface area contributed by atoms with Gasteiger partial charge in [-0.15, -0.1) is 0 Å². The lowest BCUT2D eigenvalue weighted by Crippen LogP contribution is -2.10. The monoisotopic (exact) mass is 235 g/mol. The highest BCUT2D eigenvalue weighted by Crippen LogP contribution is 2.15. The summed E-state index contributed by atoms with van der Waals surface area (Å²) in [6, 6.07) is 4.36. The van der Waals surface area contributed by atoms with Gasteiger partial charge in [-0.2, -0.15) is 0 Å². The molecule has 2 N–H and O–H groups in total. The van der Waals surface area contributed by atoms with Crippen molar-refractivity contribution in [3.8, 4) is 11.8 Å².